The molecule has 0 aromatic heterocycles. The van der Waals surface area contributed by atoms with Crippen LogP contribution in [0.15, 0.2) is 0 Å². The van der Waals surface area contributed by atoms with Crippen molar-refractivity contribution in [3.63, 3.8) is 0 Å². The summed E-state index contributed by atoms with van der Waals surface area (Å²) < 4.78 is 18.0. The molecule has 0 unspecified atom stereocenters. The first-order valence-electron chi connectivity index (χ1n) is 7.78. The highest BCUT2D eigenvalue weighted by Gasteiger charge is 2.73. The standard InChI is InChI=1S/C15H24O5/c1-7-4-5-9-8(2)12(17)18-13-15(9)10(7)6-11(16)14(3,19-13)20-15/h7-13,16-17H,4-6H2,1-3H3/t7-,8-,9+,10+,11-,12-,13-,14+,15+/m1/s1. The smallest absolute Gasteiger partial charge is 0.195 e. The molecule has 0 radical (unpaired) electrons. The lowest BCUT2D eigenvalue weighted by Crippen LogP contribution is -2.67. The van der Waals surface area contributed by atoms with Crippen molar-refractivity contribution in [2.75, 3.05) is 0 Å². The summed E-state index contributed by atoms with van der Waals surface area (Å²) in [5, 5.41) is 20.5. The highest BCUT2D eigenvalue weighted by Crippen LogP contribution is 2.63. The molecule has 9 atom stereocenters. The Labute approximate surface area is 119 Å². The molecule has 3 heterocycles. The fourth-order valence-corrected chi connectivity index (χ4v) is 5.09. The number of aliphatic hydroxyl groups excluding tert-OH is 2. The van der Waals surface area contributed by atoms with Gasteiger partial charge in [0.1, 0.15) is 11.7 Å². The fraction of sp³-hybridized carbons (Fsp3) is 1.00. The summed E-state index contributed by atoms with van der Waals surface area (Å²) in [5.41, 5.74) is -0.496. The van der Waals surface area contributed by atoms with Crippen LogP contribution in [-0.4, -0.2) is 40.3 Å². The molecule has 0 aromatic carbocycles. The molecule has 114 valence electrons. The van der Waals surface area contributed by atoms with E-state index in [4.69, 9.17) is 14.2 Å². The predicted octanol–water partition coefficient (Wildman–Crippen LogP) is 1.23. The minimum absolute atomic E-state index is 0.0300. The van der Waals surface area contributed by atoms with E-state index in [1.807, 2.05) is 6.92 Å². The Kier molecular flexibility index (Phi) is 2.66. The normalized spacial score (nSPS) is 65.0. The minimum Gasteiger partial charge on any atom is -0.388 e. The number of fused-ring (bicyclic) bond motifs is 1. The van der Waals surface area contributed by atoms with Gasteiger partial charge in [-0.15, -0.1) is 0 Å². The summed E-state index contributed by atoms with van der Waals surface area (Å²) in [6, 6.07) is 0. The zero-order valence-corrected chi connectivity index (χ0v) is 12.3. The van der Waals surface area contributed by atoms with Gasteiger partial charge in [-0.2, -0.15) is 0 Å². The Hall–Kier alpha value is -0.200. The van der Waals surface area contributed by atoms with Gasteiger partial charge in [-0.25, -0.2) is 0 Å². The number of hydrogen-bond donors (Lipinski definition) is 2. The Balaban J connectivity index is 1.83. The third-order valence-electron chi connectivity index (χ3n) is 6.30. The van der Waals surface area contributed by atoms with Gasteiger partial charge in [0.15, 0.2) is 18.4 Å². The van der Waals surface area contributed by atoms with E-state index < -0.39 is 30.1 Å². The number of ether oxygens (including phenoxy) is 3. The Morgan fingerprint density at radius 3 is 2.60 bits per heavy atom. The molecule has 4 rings (SSSR count). The molecule has 5 heteroatoms. The average Bonchev–Trinajstić information content (AvgIpc) is 2.64. The first-order chi connectivity index (χ1) is 9.38. The summed E-state index contributed by atoms with van der Waals surface area (Å²) >= 11 is 0. The third-order valence-corrected chi connectivity index (χ3v) is 6.30. The maximum atomic E-state index is 10.4. The maximum absolute atomic E-state index is 10.4. The molecule has 2 bridgehead atoms. The van der Waals surface area contributed by atoms with E-state index in [2.05, 4.69) is 6.92 Å². The van der Waals surface area contributed by atoms with Crippen molar-refractivity contribution < 1.29 is 24.4 Å². The Morgan fingerprint density at radius 1 is 1.10 bits per heavy atom. The van der Waals surface area contributed by atoms with Crippen LogP contribution in [0.4, 0.5) is 0 Å². The van der Waals surface area contributed by atoms with Crippen LogP contribution in [0.5, 0.6) is 0 Å². The summed E-state index contributed by atoms with van der Waals surface area (Å²) in [5.74, 6) is -0.0399. The summed E-state index contributed by atoms with van der Waals surface area (Å²) in [6.45, 7) is 6.04. The highest BCUT2D eigenvalue weighted by molar-refractivity contribution is 5.14. The first-order valence-corrected chi connectivity index (χ1v) is 7.78. The lowest BCUT2D eigenvalue weighted by atomic mass is 9.57. The second kappa shape index (κ2) is 3.96. The lowest BCUT2D eigenvalue weighted by molar-refractivity contribution is -0.330. The SMILES string of the molecule is C[C@H]1[C@H](O)O[C@@H]2O[C@@]3(C)O[C@]24[C@H]1CC[C@@H](C)[C@@H]4C[C@H]3O. The zero-order chi connectivity index (χ0) is 14.3. The molecule has 1 aliphatic carbocycles. The van der Waals surface area contributed by atoms with E-state index in [1.54, 1.807) is 6.92 Å². The van der Waals surface area contributed by atoms with Gasteiger partial charge in [-0.1, -0.05) is 13.8 Å². The van der Waals surface area contributed by atoms with Crippen molar-refractivity contribution >= 4 is 0 Å². The van der Waals surface area contributed by atoms with Gasteiger partial charge in [-0.3, -0.25) is 0 Å². The van der Waals surface area contributed by atoms with Crippen LogP contribution in [-0.2, 0) is 14.2 Å². The van der Waals surface area contributed by atoms with Crippen molar-refractivity contribution in [1.82, 2.24) is 0 Å². The van der Waals surface area contributed by atoms with E-state index in [9.17, 15) is 10.2 Å². The van der Waals surface area contributed by atoms with Crippen molar-refractivity contribution in [3.05, 3.63) is 0 Å². The van der Waals surface area contributed by atoms with Crippen LogP contribution >= 0.6 is 0 Å². The Bertz CT molecular complexity index is 424. The molecule has 3 aliphatic heterocycles. The fourth-order valence-electron chi connectivity index (χ4n) is 5.09. The van der Waals surface area contributed by atoms with E-state index >= 15 is 0 Å². The van der Waals surface area contributed by atoms with Crippen LogP contribution in [0.25, 0.3) is 0 Å². The molecule has 4 fully saturated rings. The second-order valence-electron chi connectivity index (χ2n) is 7.33. The van der Waals surface area contributed by atoms with Crippen LogP contribution < -0.4 is 0 Å². The molecule has 20 heavy (non-hydrogen) atoms. The monoisotopic (exact) mass is 284 g/mol. The van der Waals surface area contributed by atoms with Crippen LogP contribution in [0.1, 0.15) is 40.0 Å². The van der Waals surface area contributed by atoms with Gasteiger partial charge in [-0.05, 0) is 38.0 Å². The van der Waals surface area contributed by atoms with Gasteiger partial charge < -0.3 is 24.4 Å². The molecular formula is C15H24O5. The summed E-state index contributed by atoms with van der Waals surface area (Å²) in [6.07, 6.45) is 0.804. The van der Waals surface area contributed by atoms with Crippen molar-refractivity contribution in [2.24, 2.45) is 23.7 Å². The van der Waals surface area contributed by atoms with Crippen molar-refractivity contribution in [3.8, 4) is 0 Å². The molecular weight excluding hydrogens is 260 g/mol. The summed E-state index contributed by atoms with van der Waals surface area (Å²) in [4.78, 5) is 0. The third kappa shape index (κ3) is 1.40. The largest absolute Gasteiger partial charge is 0.388 e. The number of rotatable bonds is 0. The lowest BCUT2D eigenvalue weighted by Gasteiger charge is -2.58. The minimum atomic E-state index is -1.000. The van der Waals surface area contributed by atoms with E-state index in [0.29, 0.717) is 12.3 Å². The molecule has 0 amide bonds. The van der Waals surface area contributed by atoms with Crippen LogP contribution in [0.3, 0.4) is 0 Å². The molecule has 4 aliphatic rings. The van der Waals surface area contributed by atoms with Gasteiger partial charge in [0.2, 0.25) is 0 Å². The molecule has 2 N–H and O–H groups in total. The van der Waals surface area contributed by atoms with E-state index in [-0.39, 0.29) is 17.8 Å². The molecule has 3 saturated heterocycles. The van der Waals surface area contributed by atoms with E-state index in [0.717, 1.165) is 12.8 Å². The average molecular weight is 284 g/mol. The molecule has 1 spiro atoms. The first kappa shape index (κ1) is 13.5. The second-order valence-corrected chi connectivity index (χ2v) is 7.33. The maximum Gasteiger partial charge on any atom is 0.195 e. The number of hydrogen-bond acceptors (Lipinski definition) is 5. The van der Waals surface area contributed by atoms with Crippen LogP contribution in [0, 0.1) is 23.7 Å². The van der Waals surface area contributed by atoms with Gasteiger partial charge in [0.05, 0.1) is 0 Å². The van der Waals surface area contributed by atoms with Crippen molar-refractivity contribution in [1.29, 1.82) is 0 Å². The van der Waals surface area contributed by atoms with Crippen LogP contribution in [0.2, 0.25) is 0 Å². The van der Waals surface area contributed by atoms with E-state index in [1.165, 1.54) is 0 Å². The summed E-state index contributed by atoms with van der Waals surface area (Å²) in [7, 11) is 0. The quantitative estimate of drug-likeness (QED) is 0.700. The van der Waals surface area contributed by atoms with Gasteiger partial charge >= 0.3 is 0 Å². The molecule has 5 nitrogen and oxygen atoms in total. The van der Waals surface area contributed by atoms with Gasteiger partial charge in [0.25, 0.3) is 0 Å². The van der Waals surface area contributed by atoms with Crippen molar-refractivity contribution in [2.45, 2.75) is 70.1 Å². The topological polar surface area (TPSA) is 68.2 Å². The van der Waals surface area contributed by atoms with Gasteiger partial charge in [0, 0.05) is 11.8 Å². The molecule has 0 aromatic rings. The molecule has 1 saturated carbocycles. The Morgan fingerprint density at radius 2 is 1.85 bits per heavy atom. The zero-order valence-electron chi connectivity index (χ0n) is 12.3. The highest BCUT2D eigenvalue weighted by atomic mass is 16.9. The number of aliphatic hydroxyl groups is 2. The predicted molar refractivity (Wildman–Crippen MR) is 69.4 cm³/mol.